The van der Waals surface area contributed by atoms with Gasteiger partial charge in [0.05, 0.1) is 17.3 Å². The third kappa shape index (κ3) is 3.38. The normalized spacial score (nSPS) is 13.6. The molecule has 0 saturated heterocycles. The predicted molar refractivity (Wildman–Crippen MR) is 118 cm³/mol. The quantitative estimate of drug-likeness (QED) is 0.523. The summed E-state index contributed by atoms with van der Waals surface area (Å²) in [6.07, 6.45) is 7.33. The molecule has 4 aromatic rings. The monoisotopic (exact) mass is 403 g/mol. The topological polar surface area (TPSA) is 71.8 Å². The largest absolute Gasteiger partial charge is 0.380 e. The van der Waals surface area contributed by atoms with Crippen molar-refractivity contribution in [2.45, 2.75) is 32.4 Å². The second kappa shape index (κ2) is 7.33. The summed E-state index contributed by atoms with van der Waals surface area (Å²) < 4.78 is 1.99. The first-order valence-corrected chi connectivity index (χ1v) is 10.6. The Bertz CT molecular complexity index is 1210. The summed E-state index contributed by atoms with van der Waals surface area (Å²) in [5.41, 5.74) is 4.81. The molecule has 6 nitrogen and oxygen atoms in total. The SMILES string of the molecule is CCn1cc(Nc2nccs2)c(=O)c2cc(NC3Cc4ccccc4C3)cnc21. The van der Waals surface area contributed by atoms with Gasteiger partial charge in [0.15, 0.2) is 5.13 Å². The molecular formula is C22H21N5OS. The molecule has 7 heteroatoms. The van der Waals surface area contributed by atoms with E-state index in [1.807, 2.05) is 35.3 Å². The van der Waals surface area contributed by atoms with Gasteiger partial charge in [0.2, 0.25) is 5.43 Å². The molecule has 0 aliphatic heterocycles. The molecule has 2 N–H and O–H groups in total. The molecule has 0 spiro atoms. The van der Waals surface area contributed by atoms with Crippen molar-refractivity contribution in [1.29, 1.82) is 0 Å². The third-order valence-electron chi connectivity index (χ3n) is 5.35. The van der Waals surface area contributed by atoms with E-state index >= 15 is 0 Å². The van der Waals surface area contributed by atoms with Crippen molar-refractivity contribution in [1.82, 2.24) is 14.5 Å². The van der Waals surface area contributed by atoms with E-state index in [9.17, 15) is 4.79 Å². The van der Waals surface area contributed by atoms with Gasteiger partial charge in [0.25, 0.3) is 0 Å². The van der Waals surface area contributed by atoms with E-state index in [0.29, 0.717) is 27.9 Å². The van der Waals surface area contributed by atoms with Gasteiger partial charge in [-0.2, -0.15) is 0 Å². The lowest BCUT2D eigenvalue weighted by Crippen LogP contribution is -2.20. The van der Waals surface area contributed by atoms with Crippen LogP contribution in [0.3, 0.4) is 0 Å². The Morgan fingerprint density at radius 2 is 2.00 bits per heavy atom. The van der Waals surface area contributed by atoms with Crippen LogP contribution in [0.15, 0.2) is 59.1 Å². The van der Waals surface area contributed by atoms with Crippen LogP contribution in [0.5, 0.6) is 0 Å². The fourth-order valence-corrected chi connectivity index (χ4v) is 4.52. The maximum absolute atomic E-state index is 13.1. The van der Waals surface area contributed by atoms with Gasteiger partial charge >= 0.3 is 0 Å². The van der Waals surface area contributed by atoms with E-state index in [0.717, 1.165) is 25.1 Å². The Morgan fingerprint density at radius 1 is 1.21 bits per heavy atom. The molecular weight excluding hydrogens is 382 g/mol. The molecule has 0 fully saturated rings. The number of hydrogen-bond acceptors (Lipinski definition) is 6. The molecule has 0 radical (unpaired) electrons. The van der Waals surface area contributed by atoms with Crippen LogP contribution in [-0.2, 0) is 19.4 Å². The minimum absolute atomic E-state index is 0.0641. The molecule has 3 aromatic heterocycles. The summed E-state index contributed by atoms with van der Waals surface area (Å²) in [5.74, 6) is 0. The van der Waals surface area contributed by atoms with Crippen LogP contribution < -0.4 is 16.1 Å². The number of benzene rings is 1. The van der Waals surface area contributed by atoms with E-state index in [1.165, 1.54) is 22.5 Å². The van der Waals surface area contributed by atoms with Crippen molar-refractivity contribution >= 4 is 38.9 Å². The number of anilines is 3. The van der Waals surface area contributed by atoms with Gasteiger partial charge in [-0.15, -0.1) is 11.3 Å². The molecule has 0 bridgehead atoms. The van der Waals surface area contributed by atoms with Crippen molar-refractivity contribution in [3.05, 3.63) is 75.7 Å². The summed E-state index contributed by atoms with van der Waals surface area (Å²) in [5, 5.41) is 9.91. The molecule has 1 aliphatic rings. The van der Waals surface area contributed by atoms with Gasteiger partial charge in [-0.25, -0.2) is 9.97 Å². The molecule has 0 amide bonds. The molecule has 5 rings (SSSR count). The van der Waals surface area contributed by atoms with Crippen molar-refractivity contribution in [3.63, 3.8) is 0 Å². The highest BCUT2D eigenvalue weighted by Crippen LogP contribution is 2.26. The Balaban J connectivity index is 1.49. The molecule has 1 aromatic carbocycles. The predicted octanol–water partition coefficient (Wildman–Crippen LogP) is 4.20. The van der Waals surface area contributed by atoms with E-state index in [-0.39, 0.29) is 5.43 Å². The van der Waals surface area contributed by atoms with Crippen molar-refractivity contribution in [2.24, 2.45) is 0 Å². The van der Waals surface area contributed by atoms with Crippen molar-refractivity contribution in [2.75, 3.05) is 10.6 Å². The van der Waals surface area contributed by atoms with Crippen LogP contribution in [0.2, 0.25) is 0 Å². The van der Waals surface area contributed by atoms with Crippen LogP contribution >= 0.6 is 11.3 Å². The van der Waals surface area contributed by atoms with Gasteiger partial charge < -0.3 is 15.2 Å². The molecule has 146 valence electrons. The number of nitrogens with zero attached hydrogens (tertiary/aromatic N) is 3. The van der Waals surface area contributed by atoms with Gasteiger partial charge in [0, 0.05) is 30.4 Å². The zero-order chi connectivity index (χ0) is 19.8. The van der Waals surface area contributed by atoms with Crippen LogP contribution in [-0.4, -0.2) is 20.6 Å². The van der Waals surface area contributed by atoms with Crippen LogP contribution in [0.1, 0.15) is 18.1 Å². The van der Waals surface area contributed by atoms with Crippen LogP contribution in [0.25, 0.3) is 11.0 Å². The van der Waals surface area contributed by atoms with Crippen molar-refractivity contribution < 1.29 is 0 Å². The number of fused-ring (bicyclic) bond motifs is 2. The lowest BCUT2D eigenvalue weighted by molar-refractivity contribution is 0.769. The number of rotatable bonds is 5. The Kier molecular flexibility index (Phi) is 4.52. The molecule has 29 heavy (non-hydrogen) atoms. The number of nitrogens with one attached hydrogen (secondary N) is 2. The van der Waals surface area contributed by atoms with Crippen LogP contribution in [0, 0.1) is 0 Å². The average Bonchev–Trinajstić information content (AvgIpc) is 3.39. The zero-order valence-corrected chi connectivity index (χ0v) is 16.9. The Morgan fingerprint density at radius 3 is 2.69 bits per heavy atom. The van der Waals surface area contributed by atoms with Gasteiger partial charge in [-0.3, -0.25) is 4.79 Å². The summed E-state index contributed by atoms with van der Waals surface area (Å²) in [4.78, 5) is 22.0. The Hall–Kier alpha value is -3.19. The average molecular weight is 404 g/mol. The zero-order valence-electron chi connectivity index (χ0n) is 16.1. The Labute approximate surface area is 172 Å². The maximum atomic E-state index is 13.1. The minimum Gasteiger partial charge on any atom is -0.380 e. The molecule has 0 saturated carbocycles. The molecule has 0 unspecified atom stereocenters. The lowest BCUT2D eigenvalue weighted by Gasteiger charge is -2.15. The van der Waals surface area contributed by atoms with Gasteiger partial charge in [-0.05, 0) is 37.0 Å². The first kappa shape index (κ1) is 17.9. The number of hydrogen-bond donors (Lipinski definition) is 2. The number of aryl methyl sites for hydroxylation is 1. The highest BCUT2D eigenvalue weighted by Gasteiger charge is 2.21. The number of aromatic nitrogens is 3. The summed E-state index contributed by atoms with van der Waals surface area (Å²) >= 11 is 1.47. The van der Waals surface area contributed by atoms with E-state index in [4.69, 9.17) is 0 Å². The number of thiazole rings is 1. The summed E-state index contributed by atoms with van der Waals surface area (Å²) in [6, 6.07) is 10.8. The molecule has 3 heterocycles. The van der Waals surface area contributed by atoms with Crippen molar-refractivity contribution in [3.8, 4) is 0 Å². The second-order valence-corrected chi connectivity index (χ2v) is 8.13. The first-order chi connectivity index (χ1) is 14.2. The summed E-state index contributed by atoms with van der Waals surface area (Å²) in [7, 11) is 0. The van der Waals surface area contributed by atoms with E-state index in [1.54, 1.807) is 6.20 Å². The van der Waals surface area contributed by atoms with Crippen LogP contribution in [0.4, 0.5) is 16.5 Å². The van der Waals surface area contributed by atoms with E-state index in [2.05, 4.69) is 44.9 Å². The minimum atomic E-state index is -0.0641. The summed E-state index contributed by atoms with van der Waals surface area (Å²) in [6.45, 7) is 2.77. The fourth-order valence-electron chi connectivity index (χ4n) is 3.98. The van der Waals surface area contributed by atoms with Gasteiger partial charge in [0.1, 0.15) is 11.3 Å². The first-order valence-electron chi connectivity index (χ1n) is 9.74. The highest BCUT2D eigenvalue weighted by atomic mass is 32.1. The number of pyridine rings is 2. The third-order valence-corrected chi connectivity index (χ3v) is 6.04. The standard InChI is InChI=1S/C22H21N5OS/c1-2-27-13-19(26-22-23-7-8-29-22)20(28)18-11-17(12-24-21(18)27)25-16-9-14-5-3-4-6-15(14)10-16/h3-8,11-13,16,25H,2,9-10H2,1H3,(H,23,26). The maximum Gasteiger partial charge on any atom is 0.214 e. The fraction of sp³-hybridized carbons (Fsp3) is 0.227. The second-order valence-electron chi connectivity index (χ2n) is 7.23. The highest BCUT2D eigenvalue weighted by molar-refractivity contribution is 7.13. The molecule has 1 aliphatic carbocycles. The molecule has 0 atom stereocenters. The van der Waals surface area contributed by atoms with E-state index < -0.39 is 0 Å². The smallest absolute Gasteiger partial charge is 0.214 e. The lowest BCUT2D eigenvalue weighted by atomic mass is 10.1. The van der Waals surface area contributed by atoms with Gasteiger partial charge in [-0.1, -0.05) is 24.3 Å².